The SMILES string of the molecule is O=c1cc[nH]cc1C1=CCC=N1. The van der Waals surface area contributed by atoms with Gasteiger partial charge in [-0.3, -0.25) is 9.79 Å². The first kappa shape index (κ1) is 7.03. The molecule has 1 aromatic rings. The lowest BCUT2D eigenvalue weighted by Gasteiger charge is -1.95. The van der Waals surface area contributed by atoms with Gasteiger partial charge < -0.3 is 4.98 Å². The van der Waals surface area contributed by atoms with E-state index in [0.29, 0.717) is 5.56 Å². The van der Waals surface area contributed by atoms with Crippen LogP contribution in [0.5, 0.6) is 0 Å². The molecule has 60 valence electrons. The fraction of sp³-hybridized carbons (Fsp3) is 0.111. The van der Waals surface area contributed by atoms with Gasteiger partial charge in [-0.05, 0) is 0 Å². The van der Waals surface area contributed by atoms with Crippen LogP contribution in [0.4, 0.5) is 0 Å². The van der Waals surface area contributed by atoms with E-state index in [1.807, 2.05) is 6.08 Å². The van der Waals surface area contributed by atoms with Crippen molar-refractivity contribution in [3.05, 3.63) is 40.3 Å². The molecule has 2 rings (SSSR count). The van der Waals surface area contributed by atoms with E-state index in [9.17, 15) is 4.79 Å². The summed E-state index contributed by atoms with van der Waals surface area (Å²) >= 11 is 0. The number of aromatic nitrogens is 1. The first-order chi connectivity index (χ1) is 5.88. The summed E-state index contributed by atoms with van der Waals surface area (Å²) < 4.78 is 0. The average molecular weight is 160 g/mol. The Balaban J connectivity index is 2.53. The van der Waals surface area contributed by atoms with Crippen molar-refractivity contribution in [1.29, 1.82) is 0 Å². The molecule has 0 spiro atoms. The molecule has 3 heteroatoms. The number of rotatable bonds is 1. The Morgan fingerprint density at radius 1 is 1.50 bits per heavy atom. The van der Waals surface area contributed by atoms with E-state index in [1.165, 1.54) is 6.07 Å². The summed E-state index contributed by atoms with van der Waals surface area (Å²) in [5.41, 5.74) is 1.43. The molecule has 0 radical (unpaired) electrons. The van der Waals surface area contributed by atoms with Crippen LogP contribution in [0.1, 0.15) is 12.0 Å². The normalized spacial score (nSPS) is 14.8. The fourth-order valence-corrected chi connectivity index (χ4v) is 1.16. The highest BCUT2D eigenvalue weighted by atomic mass is 16.1. The van der Waals surface area contributed by atoms with Gasteiger partial charge in [0.25, 0.3) is 0 Å². The Hall–Kier alpha value is -1.64. The third kappa shape index (κ3) is 1.09. The number of aliphatic imine (C=N–C) groups is 1. The largest absolute Gasteiger partial charge is 0.367 e. The van der Waals surface area contributed by atoms with Crippen molar-refractivity contribution in [2.45, 2.75) is 6.42 Å². The molecule has 1 aromatic heterocycles. The maximum Gasteiger partial charge on any atom is 0.190 e. The number of nitrogens with zero attached hydrogens (tertiary/aromatic N) is 1. The molecule has 0 atom stereocenters. The summed E-state index contributed by atoms with van der Waals surface area (Å²) in [5.74, 6) is 0. The van der Waals surface area contributed by atoms with Crippen molar-refractivity contribution < 1.29 is 0 Å². The van der Waals surface area contributed by atoms with E-state index >= 15 is 0 Å². The minimum absolute atomic E-state index is 0.0130. The molecule has 0 saturated carbocycles. The Bertz CT molecular complexity index is 401. The van der Waals surface area contributed by atoms with Crippen molar-refractivity contribution in [1.82, 2.24) is 4.98 Å². The van der Waals surface area contributed by atoms with Gasteiger partial charge in [0, 0.05) is 31.1 Å². The lowest BCUT2D eigenvalue weighted by molar-refractivity contribution is 1.27. The van der Waals surface area contributed by atoms with Crippen molar-refractivity contribution in [3.8, 4) is 0 Å². The smallest absolute Gasteiger partial charge is 0.190 e. The van der Waals surface area contributed by atoms with Gasteiger partial charge in [0.15, 0.2) is 5.43 Å². The zero-order valence-corrected chi connectivity index (χ0v) is 6.45. The zero-order valence-electron chi connectivity index (χ0n) is 6.45. The van der Waals surface area contributed by atoms with Gasteiger partial charge >= 0.3 is 0 Å². The number of aromatic amines is 1. The van der Waals surface area contributed by atoms with Crippen LogP contribution in [-0.2, 0) is 0 Å². The quantitative estimate of drug-likeness (QED) is 0.659. The molecule has 0 aromatic carbocycles. The predicted molar refractivity (Wildman–Crippen MR) is 48.1 cm³/mol. The van der Waals surface area contributed by atoms with Crippen molar-refractivity contribution in [3.63, 3.8) is 0 Å². The highest BCUT2D eigenvalue weighted by Gasteiger charge is 2.05. The Morgan fingerprint density at radius 2 is 2.42 bits per heavy atom. The van der Waals surface area contributed by atoms with Crippen molar-refractivity contribution >= 4 is 11.9 Å². The first-order valence-corrected chi connectivity index (χ1v) is 3.78. The van der Waals surface area contributed by atoms with Gasteiger partial charge in [-0.15, -0.1) is 0 Å². The lowest BCUT2D eigenvalue weighted by atomic mass is 10.2. The standard InChI is InChI=1S/C9H8N2O/c12-9-3-5-10-6-7(9)8-2-1-4-11-8/h2-6H,1H2,(H,10,12). The molecule has 3 nitrogen and oxygen atoms in total. The zero-order chi connectivity index (χ0) is 8.39. The summed E-state index contributed by atoms with van der Waals surface area (Å²) in [7, 11) is 0. The molecule has 1 N–H and O–H groups in total. The van der Waals surface area contributed by atoms with Gasteiger partial charge in [-0.25, -0.2) is 0 Å². The van der Waals surface area contributed by atoms with Gasteiger partial charge in [0.2, 0.25) is 0 Å². The molecule has 0 bridgehead atoms. The van der Waals surface area contributed by atoms with Crippen LogP contribution in [0.2, 0.25) is 0 Å². The van der Waals surface area contributed by atoms with Crippen LogP contribution >= 0.6 is 0 Å². The minimum atomic E-state index is 0.0130. The molecule has 0 fully saturated rings. The molecule has 1 aliphatic heterocycles. The summed E-state index contributed by atoms with van der Waals surface area (Å²) in [5, 5.41) is 0. The van der Waals surface area contributed by atoms with Gasteiger partial charge in [0.1, 0.15) is 0 Å². The second-order valence-corrected chi connectivity index (χ2v) is 2.56. The van der Waals surface area contributed by atoms with Gasteiger partial charge in [-0.1, -0.05) is 6.08 Å². The van der Waals surface area contributed by atoms with Crippen LogP contribution in [-0.4, -0.2) is 11.2 Å². The summed E-state index contributed by atoms with van der Waals surface area (Å²) in [6, 6.07) is 1.50. The molecule has 2 heterocycles. The summed E-state index contributed by atoms with van der Waals surface area (Å²) in [4.78, 5) is 18.2. The maximum atomic E-state index is 11.3. The molecular formula is C9H8N2O. The molecule has 0 saturated heterocycles. The predicted octanol–water partition coefficient (Wildman–Crippen LogP) is 1.19. The molecule has 12 heavy (non-hydrogen) atoms. The van der Waals surface area contributed by atoms with Crippen LogP contribution in [0, 0.1) is 0 Å². The van der Waals surface area contributed by atoms with Crippen molar-refractivity contribution in [2.75, 3.05) is 0 Å². The molecular weight excluding hydrogens is 152 g/mol. The van der Waals surface area contributed by atoms with E-state index in [2.05, 4.69) is 9.98 Å². The number of H-pyrrole nitrogens is 1. The second-order valence-electron chi connectivity index (χ2n) is 2.56. The Morgan fingerprint density at radius 3 is 3.08 bits per heavy atom. The molecule has 0 amide bonds. The van der Waals surface area contributed by atoms with Crippen molar-refractivity contribution in [2.24, 2.45) is 4.99 Å². The van der Waals surface area contributed by atoms with E-state index in [-0.39, 0.29) is 5.43 Å². The number of allylic oxidation sites excluding steroid dienone is 1. The van der Waals surface area contributed by atoms with Crippen LogP contribution in [0.15, 0.2) is 34.3 Å². The van der Waals surface area contributed by atoms with Crippen LogP contribution < -0.4 is 5.43 Å². The average Bonchev–Trinajstić information content (AvgIpc) is 2.57. The lowest BCUT2D eigenvalue weighted by Crippen LogP contribution is -2.04. The van der Waals surface area contributed by atoms with E-state index in [1.54, 1.807) is 18.6 Å². The first-order valence-electron chi connectivity index (χ1n) is 3.78. The fourth-order valence-electron chi connectivity index (χ4n) is 1.16. The van der Waals surface area contributed by atoms with Crippen LogP contribution in [0.25, 0.3) is 5.70 Å². The highest BCUT2D eigenvalue weighted by Crippen LogP contribution is 2.14. The van der Waals surface area contributed by atoms with Gasteiger partial charge in [0.05, 0.1) is 11.3 Å². The monoisotopic (exact) mass is 160 g/mol. The molecule has 0 unspecified atom stereocenters. The minimum Gasteiger partial charge on any atom is -0.367 e. The van der Waals surface area contributed by atoms with E-state index in [0.717, 1.165) is 12.1 Å². The van der Waals surface area contributed by atoms with E-state index in [4.69, 9.17) is 0 Å². The number of nitrogens with one attached hydrogen (secondary N) is 1. The Kier molecular flexibility index (Phi) is 1.63. The topological polar surface area (TPSA) is 45.2 Å². The Labute approximate surface area is 69.5 Å². The number of hydrogen-bond acceptors (Lipinski definition) is 2. The summed E-state index contributed by atoms with van der Waals surface area (Å²) in [6.45, 7) is 0. The molecule has 1 aliphatic rings. The highest BCUT2D eigenvalue weighted by molar-refractivity contribution is 5.80. The third-order valence-electron chi connectivity index (χ3n) is 1.75. The van der Waals surface area contributed by atoms with Crippen LogP contribution in [0.3, 0.4) is 0 Å². The third-order valence-corrected chi connectivity index (χ3v) is 1.75. The second kappa shape index (κ2) is 2.77. The number of pyridine rings is 1. The van der Waals surface area contributed by atoms with Gasteiger partial charge in [-0.2, -0.15) is 0 Å². The number of hydrogen-bond donors (Lipinski definition) is 1. The van der Waals surface area contributed by atoms with E-state index < -0.39 is 0 Å². The maximum absolute atomic E-state index is 11.3. The molecule has 0 aliphatic carbocycles. The summed E-state index contributed by atoms with van der Waals surface area (Å²) in [6.07, 6.45) is 7.85.